The predicted molar refractivity (Wildman–Crippen MR) is 101 cm³/mol. The number of aryl methyl sites for hydroxylation is 1. The highest BCUT2D eigenvalue weighted by Crippen LogP contribution is 2.14. The van der Waals surface area contributed by atoms with Crippen LogP contribution in [-0.2, 0) is 16.1 Å². The third-order valence-electron chi connectivity index (χ3n) is 3.50. The standard InChI is InChI=1S/C20H20N4O2/c1-14-3-5-16(6-4-14)12-22-13-17(11-21)20(26)24-19-9-7-18(8-10-19)23-15(2)25/h3-10,13,22H,12H2,1-2H3,(H,23,25)(H,24,26)/b17-13-. The Labute approximate surface area is 152 Å². The first-order valence-electron chi connectivity index (χ1n) is 8.06. The molecule has 2 aromatic carbocycles. The van der Waals surface area contributed by atoms with Crippen LogP contribution in [0, 0.1) is 18.3 Å². The van der Waals surface area contributed by atoms with Gasteiger partial charge < -0.3 is 16.0 Å². The zero-order valence-corrected chi connectivity index (χ0v) is 14.7. The number of carbonyl (C=O) groups is 2. The second-order valence-corrected chi connectivity index (χ2v) is 5.75. The molecule has 0 saturated carbocycles. The van der Waals surface area contributed by atoms with Gasteiger partial charge in [0.25, 0.3) is 5.91 Å². The van der Waals surface area contributed by atoms with Gasteiger partial charge in [-0.1, -0.05) is 29.8 Å². The van der Waals surface area contributed by atoms with Gasteiger partial charge in [0.1, 0.15) is 11.6 Å². The second kappa shape index (κ2) is 9.04. The van der Waals surface area contributed by atoms with Crippen molar-refractivity contribution in [2.24, 2.45) is 0 Å². The Balaban J connectivity index is 1.94. The molecule has 0 bridgehead atoms. The monoisotopic (exact) mass is 348 g/mol. The quantitative estimate of drug-likeness (QED) is 0.552. The number of nitrogens with one attached hydrogen (secondary N) is 3. The highest BCUT2D eigenvalue weighted by atomic mass is 16.2. The lowest BCUT2D eigenvalue weighted by molar-refractivity contribution is -0.114. The van der Waals surface area contributed by atoms with Crippen LogP contribution < -0.4 is 16.0 Å². The van der Waals surface area contributed by atoms with E-state index in [2.05, 4.69) is 16.0 Å². The number of rotatable bonds is 6. The summed E-state index contributed by atoms with van der Waals surface area (Å²) in [6.45, 7) is 3.95. The normalized spacial score (nSPS) is 10.6. The zero-order valence-electron chi connectivity index (χ0n) is 14.7. The molecule has 6 heteroatoms. The van der Waals surface area contributed by atoms with Crippen molar-refractivity contribution in [3.63, 3.8) is 0 Å². The highest BCUT2D eigenvalue weighted by molar-refractivity contribution is 6.06. The van der Waals surface area contributed by atoms with Crippen molar-refractivity contribution >= 4 is 23.2 Å². The molecule has 2 aromatic rings. The molecule has 0 aliphatic carbocycles. The van der Waals surface area contributed by atoms with Crippen LogP contribution in [0.3, 0.4) is 0 Å². The first-order valence-corrected chi connectivity index (χ1v) is 8.06. The van der Waals surface area contributed by atoms with E-state index in [-0.39, 0.29) is 11.5 Å². The summed E-state index contributed by atoms with van der Waals surface area (Å²) in [4.78, 5) is 23.2. The lowest BCUT2D eigenvalue weighted by Gasteiger charge is -2.07. The van der Waals surface area contributed by atoms with Crippen LogP contribution in [-0.4, -0.2) is 11.8 Å². The Morgan fingerprint density at radius 1 is 1.00 bits per heavy atom. The van der Waals surface area contributed by atoms with Crippen LogP contribution in [0.25, 0.3) is 0 Å². The van der Waals surface area contributed by atoms with Crippen LogP contribution in [0.5, 0.6) is 0 Å². The van der Waals surface area contributed by atoms with Crippen molar-refractivity contribution in [1.82, 2.24) is 5.32 Å². The summed E-state index contributed by atoms with van der Waals surface area (Å²) in [7, 11) is 0. The summed E-state index contributed by atoms with van der Waals surface area (Å²) in [5.41, 5.74) is 3.36. The molecule has 0 aromatic heterocycles. The summed E-state index contributed by atoms with van der Waals surface area (Å²) in [6, 6.07) is 16.5. The molecule has 2 rings (SSSR count). The number of nitrogens with zero attached hydrogens (tertiary/aromatic N) is 1. The van der Waals surface area contributed by atoms with Crippen molar-refractivity contribution in [2.75, 3.05) is 10.6 Å². The Morgan fingerprint density at radius 3 is 2.12 bits per heavy atom. The largest absolute Gasteiger partial charge is 0.386 e. The fourth-order valence-electron chi connectivity index (χ4n) is 2.16. The van der Waals surface area contributed by atoms with Crippen LogP contribution in [0.1, 0.15) is 18.1 Å². The Hall–Kier alpha value is -3.59. The Bertz CT molecular complexity index is 847. The zero-order chi connectivity index (χ0) is 18.9. The average Bonchev–Trinajstić information content (AvgIpc) is 2.61. The lowest BCUT2D eigenvalue weighted by Crippen LogP contribution is -2.16. The van der Waals surface area contributed by atoms with Gasteiger partial charge in [0.2, 0.25) is 5.91 Å². The number of hydrogen-bond donors (Lipinski definition) is 3. The molecule has 2 amide bonds. The molecule has 0 heterocycles. The second-order valence-electron chi connectivity index (χ2n) is 5.75. The number of nitriles is 1. The third kappa shape index (κ3) is 5.80. The van der Waals surface area contributed by atoms with Gasteiger partial charge in [-0.2, -0.15) is 5.26 Å². The van der Waals surface area contributed by atoms with Gasteiger partial charge in [0, 0.05) is 31.0 Å². The van der Waals surface area contributed by atoms with E-state index >= 15 is 0 Å². The van der Waals surface area contributed by atoms with E-state index in [0.717, 1.165) is 5.56 Å². The molecular weight excluding hydrogens is 328 g/mol. The third-order valence-corrected chi connectivity index (χ3v) is 3.50. The molecule has 0 atom stereocenters. The van der Waals surface area contributed by atoms with Gasteiger partial charge in [-0.05, 0) is 36.8 Å². The number of anilines is 2. The van der Waals surface area contributed by atoms with Gasteiger partial charge in [0.05, 0.1) is 0 Å². The summed E-state index contributed by atoms with van der Waals surface area (Å²) in [5, 5.41) is 17.4. The van der Waals surface area contributed by atoms with Crippen LogP contribution >= 0.6 is 0 Å². The van der Waals surface area contributed by atoms with Gasteiger partial charge in [-0.15, -0.1) is 0 Å². The minimum absolute atomic E-state index is 0.0250. The maximum Gasteiger partial charge on any atom is 0.267 e. The molecule has 0 spiro atoms. The maximum absolute atomic E-state index is 12.2. The molecule has 3 N–H and O–H groups in total. The number of amides is 2. The molecule has 0 aliphatic rings. The smallest absolute Gasteiger partial charge is 0.267 e. The molecule has 0 unspecified atom stereocenters. The van der Waals surface area contributed by atoms with Crippen molar-refractivity contribution in [3.8, 4) is 6.07 Å². The number of benzene rings is 2. The molecule has 132 valence electrons. The summed E-state index contributed by atoms with van der Waals surface area (Å²) < 4.78 is 0. The van der Waals surface area contributed by atoms with Crippen molar-refractivity contribution in [3.05, 3.63) is 71.4 Å². The van der Waals surface area contributed by atoms with Gasteiger partial charge in [0.15, 0.2) is 0 Å². The lowest BCUT2D eigenvalue weighted by atomic mass is 10.1. The first kappa shape index (κ1) is 18.7. The highest BCUT2D eigenvalue weighted by Gasteiger charge is 2.09. The molecule has 0 fully saturated rings. The Kier molecular flexibility index (Phi) is 6.52. The van der Waals surface area contributed by atoms with Crippen molar-refractivity contribution < 1.29 is 9.59 Å². The predicted octanol–water partition coefficient (Wildman–Crippen LogP) is 3.09. The summed E-state index contributed by atoms with van der Waals surface area (Å²) in [5.74, 6) is -0.674. The van der Waals surface area contributed by atoms with E-state index in [4.69, 9.17) is 0 Å². The molecule has 26 heavy (non-hydrogen) atoms. The van der Waals surface area contributed by atoms with E-state index in [9.17, 15) is 14.9 Å². The van der Waals surface area contributed by atoms with Gasteiger partial charge >= 0.3 is 0 Å². The van der Waals surface area contributed by atoms with Crippen molar-refractivity contribution in [1.29, 1.82) is 5.26 Å². The maximum atomic E-state index is 12.2. The molecular formula is C20H20N4O2. The molecule has 0 radical (unpaired) electrons. The van der Waals surface area contributed by atoms with Crippen molar-refractivity contribution in [2.45, 2.75) is 20.4 Å². The topological polar surface area (TPSA) is 94.0 Å². The van der Waals surface area contributed by atoms with Gasteiger partial charge in [-0.3, -0.25) is 9.59 Å². The SMILES string of the molecule is CC(=O)Nc1ccc(NC(=O)/C(C#N)=C\NCc2ccc(C)cc2)cc1. The Morgan fingerprint density at radius 2 is 1.58 bits per heavy atom. The fraction of sp³-hybridized carbons (Fsp3) is 0.150. The minimum Gasteiger partial charge on any atom is -0.386 e. The van der Waals surface area contributed by atoms with Crippen LogP contribution in [0.4, 0.5) is 11.4 Å². The van der Waals surface area contributed by atoms with Crippen LogP contribution in [0.15, 0.2) is 60.3 Å². The van der Waals surface area contributed by atoms with E-state index in [1.54, 1.807) is 24.3 Å². The van der Waals surface area contributed by atoms with Gasteiger partial charge in [-0.25, -0.2) is 0 Å². The molecule has 0 aliphatic heterocycles. The van der Waals surface area contributed by atoms with E-state index in [1.807, 2.05) is 37.3 Å². The summed E-state index contributed by atoms with van der Waals surface area (Å²) >= 11 is 0. The number of hydrogen-bond acceptors (Lipinski definition) is 4. The van der Waals surface area contributed by atoms with Crippen LogP contribution in [0.2, 0.25) is 0 Å². The van der Waals surface area contributed by atoms with E-state index in [1.165, 1.54) is 18.7 Å². The fourth-order valence-corrected chi connectivity index (χ4v) is 2.16. The van der Waals surface area contributed by atoms with E-state index < -0.39 is 5.91 Å². The molecule has 0 saturated heterocycles. The van der Waals surface area contributed by atoms with E-state index in [0.29, 0.717) is 17.9 Å². The minimum atomic E-state index is -0.504. The summed E-state index contributed by atoms with van der Waals surface area (Å²) in [6.07, 6.45) is 1.40. The molecule has 6 nitrogen and oxygen atoms in total. The average molecular weight is 348 g/mol. The number of carbonyl (C=O) groups excluding carboxylic acids is 2. The first-order chi connectivity index (χ1) is 12.5.